The molecule has 0 N–H and O–H groups in total. The number of benzene rings is 2. The van der Waals surface area contributed by atoms with Gasteiger partial charge in [0.05, 0.1) is 6.54 Å². The molecule has 6 nitrogen and oxygen atoms in total. The fraction of sp³-hybridized carbons (Fsp3) is 0.481. The summed E-state index contributed by atoms with van der Waals surface area (Å²) in [5, 5.41) is 0. The van der Waals surface area contributed by atoms with Crippen LogP contribution in [0.4, 0.5) is 0 Å². The molecule has 0 bridgehead atoms. The average Bonchev–Trinajstić information content (AvgIpc) is 3.10. The third-order valence-electron chi connectivity index (χ3n) is 7.48. The molecule has 1 saturated carbocycles. The number of fused-ring (bicyclic) bond motifs is 2. The minimum absolute atomic E-state index is 0.0278. The van der Waals surface area contributed by atoms with Crippen LogP contribution in [0.2, 0.25) is 0 Å². The van der Waals surface area contributed by atoms with Crippen molar-refractivity contribution < 1.29 is 19.1 Å². The van der Waals surface area contributed by atoms with Crippen molar-refractivity contribution in [2.45, 2.75) is 70.2 Å². The first-order valence-corrected chi connectivity index (χ1v) is 11.9. The van der Waals surface area contributed by atoms with Crippen molar-refractivity contribution in [3.05, 3.63) is 59.2 Å². The minimum atomic E-state index is -0.440. The van der Waals surface area contributed by atoms with Crippen molar-refractivity contribution in [3.8, 4) is 11.5 Å². The smallest absolute Gasteiger partial charge is 0.254 e. The van der Waals surface area contributed by atoms with E-state index in [0.29, 0.717) is 18.7 Å². The van der Waals surface area contributed by atoms with Gasteiger partial charge >= 0.3 is 0 Å². The Morgan fingerprint density at radius 1 is 1.06 bits per heavy atom. The van der Waals surface area contributed by atoms with E-state index in [1.807, 2.05) is 66.2 Å². The zero-order valence-corrected chi connectivity index (χ0v) is 19.7. The monoisotopic (exact) mass is 448 g/mol. The molecule has 1 unspecified atom stereocenters. The molecule has 2 aromatic rings. The Morgan fingerprint density at radius 3 is 2.58 bits per heavy atom. The molecule has 0 aromatic heterocycles. The Kier molecular flexibility index (Phi) is 5.55. The van der Waals surface area contributed by atoms with Crippen molar-refractivity contribution in [1.82, 2.24) is 9.80 Å². The Morgan fingerprint density at radius 2 is 1.82 bits per heavy atom. The second kappa shape index (κ2) is 8.40. The molecule has 33 heavy (non-hydrogen) atoms. The predicted octanol–water partition coefficient (Wildman–Crippen LogP) is 4.20. The number of carbonyl (C=O) groups is 2. The summed E-state index contributed by atoms with van der Waals surface area (Å²) in [7, 11) is 1.88. The number of amides is 2. The molecular formula is C27H32N2O4. The largest absolute Gasteiger partial charge is 0.490 e. The average molecular weight is 449 g/mol. The Labute approximate surface area is 195 Å². The van der Waals surface area contributed by atoms with Crippen LogP contribution in [0, 0.1) is 0 Å². The van der Waals surface area contributed by atoms with Gasteiger partial charge < -0.3 is 19.3 Å². The molecule has 1 aliphatic carbocycles. The number of nitrogens with zero attached hydrogens (tertiary/aromatic N) is 2. The first-order chi connectivity index (χ1) is 15.8. The molecule has 5 rings (SSSR count). The molecular weight excluding hydrogens is 416 g/mol. The van der Waals surface area contributed by atoms with Gasteiger partial charge in [-0.1, -0.05) is 18.2 Å². The van der Waals surface area contributed by atoms with Crippen molar-refractivity contribution in [1.29, 1.82) is 0 Å². The second-order valence-electron chi connectivity index (χ2n) is 9.87. The zero-order chi connectivity index (χ0) is 23.2. The maximum Gasteiger partial charge on any atom is 0.254 e. The molecule has 2 aliphatic heterocycles. The Balaban J connectivity index is 1.42. The fourth-order valence-electron chi connectivity index (χ4n) is 5.52. The first kappa shape index (κ1) is 21.8. The fourth-order valence-corrected chi connectivity index (χ4v) is 5.52. The molecule has 0 radical (unpaired) electrons. The van der Waals surface area contributed by atoms with Gasteiger partial charge in [0, 0.05) is 44.1 Å². The second-order valence-corrected chi connectivity index (χ2v) is 9.87. The lowest BCUT2D eigenvalue weighted by molar-refractivity contribution is -0.131. The van der Waals surface area contributed by atoms with E-state index < -0.39 is 5.60 Å². The van der Waals surface area contributed by atoms with E-state index in [1.54, 1.807) is 6.92 Å². The van der Waals surface area contributed by atoms with Crippen LogP contribution in [0.15, 0.2) is 42.5 Å². The summed E-state index contributed by atoms with van der Waals surface area (Å²) in [6.45, 7) is 4.73. The molecule has 2 aromatic carbocycles. The van der Waals surface area contributed by atoms with Gasteiger partial charge in [-0.05, 0) is 62.4 Å². The van der Waals surface area contributed by atoms with E-state index in [9.17, 15) is 9.59 Å². The third-order valence-corrected chi connectivity index (χ3v) is 7.48. The molecule has 1 fully saturated rings. The summed E-state index contributed by atoms with van der Waals surface area (Å²) in [5.74, 6) is 1.87. The normalized spacial score (nSPS) is 26.0. The highest BCUT2D eigenvalue weighted by Crippen LogP contribution is 2.40. The molecule has 1 atom stereocenters. The van der Waals surface area contributed by atoms with Crippen LogP contribution in [0.1, 0.15) is 61.0 Å². The molecule has 2 heterocycles. The van der Waals surface area contributed by atoms with Gasteiger partial charge in [-0.2, -0.15) is 0 Å². The van der Waals surface area contributed by atoms with Crippen molar-refractivity contribution in [2.75, 3.05) is 13.6 Å². The van der Waals surface area contributed by atoms with E-state index in [-0.39, 0.29) is 24.0 Å². The molecule has 3 aliphatic rings. The first-order valence-electron chi connectivity index (χ1n) is 11.9. The summed E-state index contributed by atoms with van der Waals surface area (Å²) in [4.78, 5) is 29.4. The number of para-hydroxylation sites is 1. The van der Waals surface area contributed by atoms with Crippen molar-refractivity contribution >= 4 is 11.8 Å². The SMILES string of the molecule is CC(=O)N(C)C1CCC2(CC1)CN(C(=O)c1ccc3c(c1)CC(C)O3)Cc1ccccc1O2. The van der Waals surface area contributed by atoms with Crippen LogP contribution >= 0.6 is 0 Å². The number of hydrogen-bond donors (Lipinski definition) is 0. The predicted molar refractivity (Wildman–Crippen MR) is 125 cm³/mol. The minimum Gasteiger partial charge on any atom is -0.490 e. The Hall–Kier alpha value is -3.02. The highest BCUT2D eigenvalue weighted by atomic mass is 16.5. The molecule has 174 valence electrons. The standard InChI is InChI=1S/C27H32N2O4/c1-18-14-22-15-20(8-9-24(22)32-18)26(31)29-16-21-6-4-5-7-25(21)33-27(17-29)12-10-23(11-13-27)28(3)19(2)30/h4-9,15,18,23H,10-14,16-17H2,1-3H3. The van der Waals surface area contributed by atoms with Crippen molar-refractivity contribution in [3.63, 3.8) is 0 Å². The van der Waals surface area contributed by atoms with E-state index >= 15 is 0 Å². The maximum atomic E-state index is 13.7. The van der Waals surface area contributed by atoms with Gasteiger partial charge in [0.2, 0.25) is 5.91 Å². The summed E-state index contributed by atoms with van der Waals surface area (Å²) < 4.78 is 12.5. The maximum absolute atomic E-state index is 13.7. The molecule has 0 saturated heterocycles. The van der Waals surface area contributed by atoms with Crippen LogP contribution in [-0.4, -0.2) is 53.0 Å². The van der Waals surface area contributed by atoms with Crippen LogP contribution in [-0.2, 0) is 17.8 Å². The quantitative estimate of drug-likeness (QED) is 0.691. The topological polar surface area (TPSA) is 59.1 Å². The lowest BCUT2D eigenvalue weighted by Gasteiger charge is -2.43. The van der Waals surface area contributed by atoms with Crippen molar-refractivity contribution in [2.24, 2.45) is 0 Å². The Bertz CT molecular complexity index is 1070. The molecule has 1 spiro atoms. The van der Waals surface area contributed by atoms with E-state index in [1.165, 1.54) is 0 Å². The lowest BCUT2D eigenvalue weighted by atomic mass is 9.81. The van der Waals surface area contributed by atoms with Gasteiger partial charge in [0.1, 0.15) is 23.2 Å². The lowest BCUT2D eigenvalue weighted by Crippen LogP contribution is -2.52. The van der Waals surface area contributed by atoms with Crippen LogP contribution in [0.25, 0.3) is 0 Å². The highest BCUT2D eigenvalue weighted by molar-refractivity contribution is 5.95. The number of rotatable bonds is 2. The van der Waals surface area contributed by atoms with Gasteiger partial charge in [0.25, 0.3) is 5.91 Å². The van der Waals surface area contributed by atoms with Crippen LogP contribution in [0.5, 0.6) is 11.5 Å². The van der Waals surface area contributed by atoms with Gasteiger partial charge in [-0.3, -0.25) is 9.59 Å². The van der Waals surface area contributed by atoms with Gasteiger partial charge in [0.15, 0.2) is 0 Å². The van der Waals surface area contributed by atoms with E-state index in [2.05, 4.69) is 0 Å². The molecule has 6 heteroatoms. The number of ether oxygens (including phenoxy) is 2. The summed E-state index contributed by atoms with van der Waals surface area (Å²) in [6, 6.07) is 14.0. The summed E-state index contributed by atoms with van der Waals surface area (Å²) in [6.07, 6.45) is 4.34. The molecule has 2 amide bonds. The van der Waals surface area contributed by atoms with Gasteiger partial charge in [-0.15, -0.1) is 0 Å². The zero-order valence-electron chi connectivity index (χ0n) is 19.7. The number of carbonyl (C=O) groups excluding carboxylic acids is 2. The van der Waals surface area contributed by atoms with E-state index in [0.717, 1.165) is 54.7 Å². The number of hydrogen-bond acceptors (Lipinski definition) is 4. The van der Waals surface area contributed by atoms with Crippen LogP contribution < -0.4 is 9.47 Å². The highest BCUT2D eigenvalue weighted by Gasteiger charge is 2.43. The summed E-state index contributed by atoms with van der Waals surface area (Å²) >= 11 is 0. The van der Waals surface area contributed by atoms with E-state index in [4.69, 9.17) is 9.47 Å². The summed E-state index contributed by atoms with van der Waals surface area (Å²) in [5.41, 5.74) is 2.39. The van der Waals surface area contributed by atoms with Crippen LogP contribution in [0.3, 0.4) is 0 Å². The van der Waals surface area contributed by atoms with Gasteiger partial charge in [-0.25, -0.2) is 0 Å². The third kappa shape index (κ3) is 4.19.